The van der Waals surface area contributed by atoms with E-state index in [0.717, 1.165) is 0 Å². The van der Waals surface area contributed by atoms with E-state index in [1.165, 1.54) is 6.07 Å². The van der Waals surface area contributed by atoms with Gasteiger partial charge in [-0.3, -0.25) is 4.79 Å². The van der Waals surface area contributed by atoms with Gasteiger partial charge in [0.05, 0.1) is 11.1 Å². The molecule has 1 unspecified atom stereocenters. The summed E-state index contributed by atoms with van der Waals surface area (Å²) in [4.78, 5) is 14.1. The molecule has 74 valence electrons. The maximum absolute atomic E-state index is 11.4. The maximum Gasteiger partial charge on any atom is 0.268 e. The van der Waals surface area contributed by atoms with Crippen molar-refractivity contribution in [1.82, 2.24) is 10.3 Å². The summed E-state index contributed by atoms with van der Waals surface area (Å²) >= 11 is 11.3. The molecular weight excluding hydrogens is 223 g/mol. The predicted molar refractivity (Wildman–Crippen MR) is 56.6 cm³/mol. The molecule has 0 fully saturated rings. The van der Waals surface area contributed by atoms with Crippen molar-refractivity contribution in [2.45, 2.75) is 13.0 Å². The highest BCUT2D eigenvalue weighted by Crippen LogP contribution is 2.21. The molecule has 0 spiro atoms. The van der Waals surface area contributed by atoms with Crippen molar-refractivity contribution in [3.63, 3.8) is 0 Å². The van der Waals surface area contributed by atoms with Crippen LogP contribution in [-0.4, -0.2) is 16.9 Å². The number of H-pyrrole nitrogens is 1. The molecule has 1 aromatic rings. The molecule has 1 aromatic heterocycles. The van der Waals surface area contributed by atoms with Crippen LogP contribution in [-0.2, 0) is 0 Å². The Balaban J connectivity index is 2.76. The SMILES string of the molecule is C#CC(C)NC(=O)c1cc(Cl)c(Cl)[nH]1. The number of hydrogen-bond acceptors (Lipinski definition) is 1. The Labute approximate surface area is 91.8 Å². The summed E-state index contributed by atoms with van der Waals surface area (Å²) in [5.74, 6) is 2.05. The topological polar surface area (TPSA) is 44.9 Å². The monoisotopic (exact) mass is 230 g/mol. The fourth-order valence-electron chi connectivity index (χ4n) is 0.842. The Kier molecular flexibility index (Phi) is 3.45. The van der Waals surface area contributed by atoms with Crippen LogP contribution in [0, 0.1) is 12.3 Å². The summed E-state index contributed by atoms with van der Waals surface area (Å²) < 4.78 is 0. The van der Waals surface area contributed by atoms with Crippen molar-refractivity contribution in [2.24, 2.45) is 0 Å². The van der Waals surface area contributed by atoms with Crippen LogP contribution in [0.3, 0.4) is 0 Å². The molecule has 3 nitrogen and oxygen atoms in total. The number of aromatic nitrogens is 1. The van der Waals surface area contributed by atoms with Crippen LogP contribution in [0.2, 0.25) is 10.2 Å². The fourth-order valence-corrected chi connectivity index (χ4v) is 1.16. The van der Waals surface area contributed by atoms with Gasteiger partial charge in [-0.05, 0) is 13.0 Å². The van der Waals surface area contributed by atoms with E-state index in [9.17, 15) is 4.79 Å². The number of rotatable bonds is 2. The number of nitrogens with one attached hydrogen (secondary N) is 2. The van der Waals surface area contributed by atoms with Gasteiger partial charge in [0.25, 0.3) is 5.91 Å². The molecule has 1 heterocycles. The number of hydrogen-bond donors (Lipinski definition) is 2. The molecule has 0 saturated heterocycles. The number of terminal acetylenes is 1. The molecule has 5 heteroatoms. The van der Waals surface area contributed by atoms with Gasteiger partial charge in [0, 0.05) is 0 Å². The van der Waals surface area contributed by atoms with E-state index >= 15 is 0 Å². The number of aromatic amines is 1. The van der Waals surface area contributed by atoms with Gasteiger partial charge in [0.1, 0.15) is 10.8 Å². The lowest BCUT2D eigenvalue weighted by Crippen LogP contribution is -2.31. The molecule has 1 rings (SSSR count). The third-order valence-electron chi connectivity index (χ3n) is 1.57. The van der Waals surface area contributed by atoms with E-state index in [0.29, 0.717) is 10.7 Å². The van der Waals surface area contributed by atoms with Crippen molar-refractivity contribution in [2.75, 3.05) is 0 Å². The first-order valence-electron chi connectivity index (χ1n) is 3.85. The van der Waals surface area contributed by atoms with Crippen molar-refractivity contribution in [3.8, 4) is 12.3 Å². The molecule has 0 radical (unpaired) electrons. The van der Waals surface area contributed by atoms with Crippen LogP contribution in [0.25, 0.3) is 0 Å². The minimum Gasteiger partial charge on any atom is -0.340 e. The lowest BCUT2D eigenvalue weighted by atomic mass is 10.3. The summed E-state index contributed by atoms with van der Waals surface area (Å²) in [6.45, 7) is 1.70. The Hall–Kier alpha value is -1.11. The first-order chi connectivity index (χ1) is 6.54. The second-order valence-corrected chi connectivity index (χ2v) is 3.49. The lowest BCUT2D eigenvalue weighted by Gasteiger charge is -2.05. The Morgan fingerprint density at radius 1 is 1.71 bits per heavy atom. The van der Waals surface area contributed by atoms with Crippen LogP contribution >= 0.6 is 23.2 Å². The Morgan fingerprint density at radius 3 is 2.79 bits per heavy atom. The summed E-state index contributed by atoms with van der Waals surface area (Å²) in [5.41, 5.74) is 0.294. The van der Waals surface area contributed by atoms with Gasteiger partial charge >= 0.3 is 0 Å². The fraction of sp³-hybridized carbons (Fsp3) is 0.222. The van der Waals surface area contributed by atoms with Crippen molar-refractivity contribution in [1.29, 1.82) is 0 Å². The number of carbonyl (C=O) groups is 1. The van der Waals surface area contributed by atoms with Gasteiger partial charge in [0.2, 0.25) is 0 Å². The van der Waals surface area contributed by atoms with Crippen LogP contribution < -0.4 is 5.32 Å². The average molecular weight is 231 g/mol. The first kappa shape index (κ1) is 11.0. The number of amides is 1. The zero-order chi connectivity index (χ0) is 10.7. The summed E-state index contributed by atoms with van der Waals surface area (Å²) in [5, 5.41) is 3.11. The largest absolute Gasteiger partial charge is 0.340 e. The van der Waals surface area contributed by atoms with Crippen LogP contribution in [0.5, 0.6) is 0 Å². The van der Waals surface area contributed by atoms with Gasteiger partial charge in [-0.2, -0.15) is 0 Å². The van der Waals surface area contributed by atoms with Crippen molar-refractivity contribution < 1.29 is 4.79 Å². The molecule has 1 amide bonds. The molecule has 0 bridgehead atoms. The smallest absolute Gasteiger partial charge is 0.268 e. The van der Waals surface area contributed by atoms with E-state index in [4.69, 9.17) is 29.6 Å². The number of carbonyl (C=O) groups excluding carboxylic acids is 1. The van der Waals surface area contributed by atoms with Crippen molar-refractivity contribution in [3.05, 3.63) is 21.9 Å². The quantitative estimate of drug-likeness (QED) is 0.752. The van der Waals surface area contributed by atoms with E-state index in [1.54, 1.807) is 6.92 Å². The van der Waals surface area contributed by atoms with Gasteiger partial charge < -0.3 is 10.3 Å². The summed E-state index contributed by atoms with van der Waals surface area (Å²) in [6.07, 6.45) is 5.11. The molecule has 0 aliphatic rings. The summed E-state index contributed by atoms with van der Waals surface area (Å²) in [6, 6.07) is 1.12. The molecule has 14 heavy (non-hydrogen) atoms. The normalized spacial score (nSPS) is 11.9. The van der Waals surface area contributed by atoms with Crippen LogP contribution in [0.15, 0.2) is 6.07 Å². The average Bonchev–Trinajstić information content (AvgIpc) is 2.47. The predicted octanol–water partition coefficient (Wildman–Crippen LogP) is 2.07. The van der Waals surface area contributed by atoms with Crippen LogP contribution in [0.1, 0.15) is 17.4 Å². The van der Waals surface area contributed by atoms with Gasteiger partial charge in [-0.25, -0.2) is 0 Å². The molecule has 0 saturated carbocycles. The first-order valence-corrected chi connectivity index (χ1v) is 4.61. The number of halogens is 2. The highest BCUT2D eigenvalue weighted by molar-refractivity contribution is 6.41. The second-order valence-electron chi connectivity index (χ2n) is 2.71. The van der Waals surface area contributed by atoms with Crippen LogP contribution in [0.4, 0.5) is 0 Å². The van der Waals surface area contributed by atoms with Gasteiger partial charge in [-0.1, -0.05) is 29.1 Å². The third kappa shape index (κ3) is 2.44. The minimum atomic E-state index is -0.330. The van der Waals surface area contributed by atoms with E-state index in [-0.39, 0.29) is 17.1 Å². The molecule has 0 aliphatic carbocycles. The second kappa shape index (κ2) is 4.41. The van der Waals surface area contributed by atoms with E-state index in [2.05, 4.69) is 16.2 Å². The Bertz CT molecular complexity index is 373. The molecule has 1 atom stereocenters. The Morgan fingerprint density at radius 2 is 2.36 bits per heavy atom. The van der Waals surface area contributed by atoms with Crippen molar-refractivity contribution >= 4 is 29.1 Å². The van der Waals surface area contributed by atoms with E-state index in [1.807, 2.05) is 0 Å². The van der Waals surface area contributed by atoms with E-state index < -0.39 is 0 Å². The standard InChI is InChI=1S/C9H8Cl2N2O/c1-3-5(2)12-9(14)7-4-6(10)8(11)13-7/h1,4-5,13H,2H3,(H,12,14). The van der Waals surface area contributed by atoms with Gasteiger partial charge in [-0.15, -0.1) is 6.42 Å². The molecule has 0 aromatic carbocycles. The highest BCUT2D eigenvalue weighted by Gasteiger charge is 2.12. The maximum atomic E-state index is 11.4. The summed E-state index contributed by atoms with van der Waals surface area (Å²) in [7, 11) is 0. The molecule has 2 N–H and O–H groups in total. The zero-order valence-corrected chi connectivity index (χ0v) is 8.91. The molecular formula is C9H8Cl2N2O. The van der Waals surface area contributed by atoms with Gasteiger partial charge in [0.15, 0.2) is 0 Å². The lowest BCUT2D eigenvalue weighted by molar-refractivity contribution is 0.0944. The minimum absolute atomic E-state index is 0.241. The highest BCUT2D eigenvalue weighted by atomic mass is 35.5. The third-order valence-corrected chi connectivity index (χ3v) is 2.26. The molecule has 0 aliphatic heterocycles. The zero-order valence-electron chi connectivity index (χ0n) is 7.40.